The summed E-state index contributed by atoms with van der Waals surface area (Å²) in [6, 6.07) is 7.20. The summed E-state index contributed by atoms with van der Waals surface area (Å²) in [7, 11) is 1.34. The van der Waals surface area contributed by atoms with Crippen LogP contribution in [0.5, 0.6) is 5.75 Å². The molecule has 0 spiro atoms. The van der Waals surface area contributed by atoms with Crippen LogP contribution in [0.2, 0.25) is 0 Å². The summed E-state index contributed by atoms with van der Waals surface area (Å²) in [5, 5.41) is 14.0. The molecule has 0 atom stereocenters. The van der Waals surface area contributed by atoms with Crippen molar-refractivity contribution in [1.82, 2.24) is 9.88 Å². The van der Waals surface area contributed by atoms with Crippen LogP contribution < -0.4 is 25.5 Å². The van der Waals surface area contributed by atoms with Gasteiger partial charge in [-0.3, -0.25) is 14.4 Å². The van der Waals surface area contributed by atoms with E-state index in [1.807, 2.05) is 0 Å². The molecule has 1 saturated heterocycles. The number of carbonyl (C=O) groups excluding carboxylic acids is 3. The Morgan fingerprint density at radius 1 is 1.15 bits per heavy atom. The van der Waals surface area contributed by atoms with Crippen molar-refractivity contribution in [2.75, 3.05) is 31.6 Å². The Bertz CT molecular complexity index is 1670. The molecule has 2 aliphatic rings. The molecule has 0 radical (unpaired) electrons. The summed E-state index contributed by atoms with van der Waals surface area (Å²) in [5.74, 6) is -3.84. The molecule has 1 aromatic heterocycles. The van der Waals surface area contributed by atoms with E-state index in [1.165, 1.54) is 32.4 Å². The minimum Gasteiger partial charge on any atom is -0.545 e. The Morgan fingerprint density at radius 2 is 1.85 bits per heavy atom. The van der Waals surface area contributed by atoms with E-state index in [0.29, 0.717) is 25.0 Å². The third kappa shape index (κ3) is 5.31. The van der Waals surface area contributed by atoms with E-state index in [1.54, 1.807) is 21.6 Å². The molecule has 2 fully saturated rings. The van der Waals surface area contributed by atoms with Crippen molar-refractivity contribution in [2.45, 2.75) is 38.6 Å². The van der Waals surface area contributed by atoms with Crippen LogP contribution in [0.15, 0.2) is 52.7 Å². The topological polar surface area (TPSA) is 121 Å². The van der Waals surface area contributed by atoms with Gasteiger partial charge in [-0.05, 0) is 50.3 Å². The Kier molecular flexibility index (Phi) is 7.61. The first-order valence-corrected chi connectivity index (χ1v) is 13.3. The molecule has 2 aromatic carbocycles. The number of fused-ring (bicyclic) bond motifs is 1. The van der Waals surface area contributed by atoms with Gasteiger partial charge in [0.15, 0.2) is 22.8 Å². The molecule has 5 rings (SSSR count). The maximum absolute atomic E-state index is 15.7. The number of amides is 1. The number of Topliss-reactive ketones (excluding diaryl/α,β-unsaturated/α-hetero) is 1. The molecule has 1 aliphatic carbocycles. The molecular weight excluding hydrogens is 536 g/mol. The zero-order valence-electron chi connectivity index (χ0n) is 22.6. The van der Waals surface area contributed by atoms with E-state index in [-0.39, 0.29) is 51.8 Å². The van der Waals surface area contributed by atoms with Gasteiger partial charge in [0.1, 0.15) is 11.5 Å². The predicted octanol–water partition coefficient (Wildman–Crippen LogP) is 3.30. The molecule has 1 saturated carbocycles. The zero-order chi connectivity index (χ0) is 29.4. The Labute approximate surface area is 234 Å². The molecule has 3 aromatic rings. The lowest BCUT2D eigenvalue weighted by Crippen LogP contribution is -2.34. The number of rotatable bonds is 8. The number of pyridine rings is 1. The molecule has 2 heterocycles. The van der Waals surface area contributed by atoms with Crippen LogP contribution in [0, 0.1) is 5.82 Å². The third-order valence-corrected chi connectivity index (χ3v) is 7.51. The number of carboxylic acid groups (broad SMARTS) is 1. The van der Waals surface area contributed by atoms with Gasteiger partial charge in [0.2, 0.25) is 0 Å². The highest BCUT2D eigenvalue weighted by atomic mass is 19.1. The van der Waals surface area contributed by atoms with Gasteiger partial charge >= 0.3 is 0 Å². The zero-order valence-corrected chi connectivity index (χ0v) is 22.6. The number of aromatic carboxylic acids is 1. The number of piperidine rings is 1. The number of hydrogen-bond acceptors (Lipinski definition) is 7. The number of methoxy groups -OCH3 is 1. The maximum Gasteiger partial charge on any atom is 0.252 e. The lowest BCUT2D eigenvalue weighted by atomic mass is 10.0. The lowest BCUT2D eigenvalue weighted by Gasteiger charge is -2.33. The maximum atomic E-state index is 15.7. The van der Waals surface area contributed by atoms with Crippen molar-refractivity contribution in [3.63, 3.8) is 0 Å². The van der Waals surface area contributed by atoms with E-state index < -0.39 is 41.1 Å². The predicted molar refractivity (Wildman–Crippen MR) is 146 cm³/mol. The molecule has 41 heavy (non-hydrogen) atoms. The Hall–Kier alpha value is -4.54. The van der Waals surface area contributed by atoms with Gasteiger partial charge in [-0.25, -0.2) is 8.78 Å². The number of hydrogen-bond donors (Lipinski definition) is 1. The van der Waals surface area contributed by atoms with E-state index in [0.717, 1.165) is 18.9 Å². The summed E-state index contributed by atoms with van der Waals surface area (Å²) in [6.45, 7) is 1.32. The summed E-state index contributed by atoms with van der Waals surface area (Å²) in [4.78, 5) is 50.7. The largest absolute Gasteiger partial charge is 0.545 e. The summed E-state index contributed by atoms with van der Waals surface area (Å²) in [5.41, 5.74) is -0.365. The highest BCUT2D eigenvalue weighted by Crippen LogP contribution is 2.44. The molecule has 1 aliphatic heterocycles. The Morgan fingerprint density at radius 3 is 2.49 bits per heavy atom. The average molecular weight is 565 g/mol. The lowest BCUT2D eigenvalue weighted by molar-refractivity contribution is -0.255. The smallest absolute Gasteiger partial charge is 0.252 e. The van der Waals surface area contributed by atoms with E-state index in [2.05, 4.69) is 5.32 Å². The summed E-state index contributed by atoms with van der Waals surface area (Å²) in [6.07, 6.45) is 3.61. The SMILES string of the molecule is COc1c(N2CCC/C(=C(\F)CNC(=O)c3ccccc3C(C)=O)C2)c(F)cc2c(=O)c(C(=O)[O-])cn(C3CC3)c12. The molecule has 214 valence electrons. The highest BCUT2D eigenvalue weighted by Gasteiger charge is 2.31. The van der Waals surface area contributed by atoms with E-state index >= 15 is 8.78 Å². The fourth-order valence-electron chi connectivity index (χ4n) is 5.37. The molecule has 9 nitrogen and oxygen atoms in total. The van der Waals surface area contributed by atoms with Crippen LogP contribution in [0.25, 0.3) is 10.9 Å². The van der Waals surface area contributed by atoms with Crippen molar-refractivity contribution in [1.29, 1.82) is 0 Å². The second kappa shape index (κ2) is 11.1. The monoisotopic (exact) mass is 564 g/mol. The van der Waals surface area contributed by atoms with Crippen LogP contribution in [-0.2, 0) is 0 Å². The third-order valence-electron chi connectivity index (χ3n) is 7.51. The normalized spacial score (nSPS) is 16.4. The standard InChI is InChI=1S/C30H29F2N3O6/c1-16(36)19-7-3-4-8-20(19)29(38)33-13-24(32)17-6-5-11-34(14-17)26-23(31)12-21-25(28(26)41-2)35(18-9-10-18)15-22(27(21)37)30(39)40/h3-4,7-8,12,15,18H,5-6,9-11,13-14H2,1-2H3,(H,33,38)(H,39,40)/p-1/b24-17+. The first kappa shape index (κ1) is 28.0. The fourth-order valence-corrected chi connectivity index (χ4v) is 5.37. The summed E-state index contributed by atoms with van der Waals surface area (Å²) >= 11 is 0. The number of anilines is 1. The molecule has 11 heteroatoms. The Balaban J connectivity index is 1.47. The number of ether oxygens (including phenoxy) is 1. The van der Waals surface area contributed by atoms with E-state index in [9.17, 15) is 24.3 Å². The van der Waals surface area contributed by atoms with Crippen LogP contribution in [0.4, 0.5) is 14.5 Å². The number of aromatic nitrogens is 1. The van der Waals surface area contributed by atoms with E-state index in [4.69, 9.17) is 4.74 Å². The van der Waals surface area contributed by atoms with Crippen LogP contribution in [0.1, 0.15) is 69.7 Å². The van der Waals surface area contributed by atoms with Gasteiger partial charge in [-0.1, -0.05) is 18.2 Å². The minimum absolute atomic E-state index is 0.00924. The molecule has 1 N–H and O–H groups in total. The number of carboxylic acids is 1. The number of nitrogens with zero attached hydrogens (tertiary/aromatic N) is 2. The van der Waals surface area contributed by atoms with Gasteiger partial charge < -0.3 is 29.4 Å². The van der Waals surface area contributed by atoms with Gasteiger partial charge in [0.25, 0.3) is 5.91 Å². The van der Waals surface area contributed by atoms with Crippen molar-refractivity contribution in [3.05, 3.63) is 80.7 Å². The van der Waals surface area contributed by atoms with Gasteiger partial charge in [0, 0.05) is 30.9 Å². The highest BCUT2D eigenvalue weighted by molar-refractivity contribution is 6.07. The number of benzene rings is 2. The second-order valence-corrected chi connectivity index (χ2v) is 10.3. The van der Waals surface area contributed by atoms with Crippen LogP contribution >= 0.6 is 0 Å². The van der Waals surface area contributed by atoms with Crippen molar-refractivity contribution < 1.29 is 33.0 Å². The van der Waals surface area contributed by atoms with Crippen molar-refractivity contribution >= 4 is 34.3 Å². The quantitative estimate of drug-likeness (QED) is 0.417. The van der Waals surface area contributed by atoms with Crippen molar-refractivity contribution in [3.8, 4) is 5.75 Å². The van der Waals surface area contributed by atoms with Crippen molar-refractivity contribution in [2.24, 2.45) is 0 Å². The van der Waals surface area contributed by atoms with Gasteiger partial charge in [-0.2, -0.15) is 0 Å². The first-order chi connectivity index (χ1) is 19.6. The number of halogens is 2. The van der Waals surface area contributed by atoms with Crippen LogP contribution in [0.3, 0.4) is 0 Å². The molecule has 1 amide bonds. The minimum atomic E-state index is -1.65. The fraction of sp³-hybridized carbons (Fsp3) is 0.333. The molecule has 0 unspecified atom stereocenters. The number of ketones is 1. The summed E-state index contributed by atoms with van der Waals surface area (Å²) < 4.78 is 38.2. The molecular formula is C30H28F2N3O6-. The van der Waals surface area contributed by atoms with Gasteiger partial charge in [0.05, 0.1) is 41.7 Å². The first-order valence-electron chi connectivity index (χ1n) is 13.3. The number of carbonyl (C=O) groups is 3. The average Bonchev–Trinajstić information content (AvgIpc) is 3.81. The van der Waals surface area contributed by atoms with Gasteiger partial charge in [-0.15, -0.1) is 0 Å². The second-order valence-electron chi connectivity index (χ2n) is 10.3. The molecule has 0 bridgehead atoms. The van der Waals surface area contributed by atoms with Crippen LogP contribution in [-0.4, -0.2) is 49.0 Å². The number of nitrogens with one attached hydrogen (secondary N) is 1.